The standard InChI is InChI=1S/C16H19N3OS/c1-3-9(2)18-15(20)14-13(17)11-8-10-6-4-5-7-12(10)19-16(11)21-14/h3,8-9H,1,4-7,17H2,2H3,(H,18,20). The summed E-state index contributed by atoms with van der Waals surface area (Å²) in [4.78, 5) is 18.4. The number of carbonyl (C=O) groups excluding carboxylic acids is 1. The highest BCUT2D eigenvalue weighted by molar-refractivity contribution is 7.21. The zero-order chi connectivity index (χ0) is 15.0. The molecule has 0 radical (unpaired) electrons. The molecule has 0 spiro atoms. The number of nitrogens with two attached hydrogens (primary N) is 1. The predicted octanol–water partition coefficient (Wildman–Crippen LogP) is 3.06. The van der Waals surface area contributed by atoms with E-state index in [-0.39, 0.29) is 11.9 Å². The van der Waals surface area contributed by atoms with Gasteiger partial charge in [-0.25, -0.2) is 4.98 Å². The van der Waals surface area contributed by atoms with Crippen LogP contribution in [0.5, 0.6) is 0 Å². The van der Waals surface area contributed by atoms with E-state index in [1.165, 1.54) is 35.4 Å². The summed E-state index contributed by atoms with van der Waals surface area (Å²) >= 11 is 1.37. The third-order valence-corrected chi connectivity index (χ3v) is 5.03. The number of nitrogen functional groups attached to an aromatic ring is 1. The average Bonchev–Trinajstić information content (AvgIpc) is 2.81. The lowest BCUT2D eigenvalue weighted by molar-refractivity contribution is 0.0952. The van der Waals surface area contributed by atoms with Gasteiger partial charge in [0.05, 0.1) is 5.69 Å². The second kappa shape index (κ2) is 5.48. The molecule has 1 unspecified atom stereocenters. The van der Waals surface area contributed by atoms with Crippen molar-refractivity contribution in [2.45, 2.75) is 38.6 Å². The molecule has 5 heteroatoms. The van der Waals surface area contributed by atoms with Gasteiger partial charge in [0, 0.05) is 17.1 Å². The summed E-state index contributed by atoms with van der Waals surface area (Å²) in [5, 5.41) is 3.78. The number of aromatic nitrogens is 1. The van der Waals surface area contributed by atoms with Crippen LogP contribution < -0.4 is 11.1 Å². The van der Waals surface area contributed by atoms with Gasteiger partial charge in [-0.05, 0) is 44.2 Å². The Morgan fingerprint density at radius 2 is 2.29 bits per heavy atom. The van der Waals surface area contributed by atoms with Crippen molar-refractivity contribution < 1.29 is 4.79 Å². The minimum absolute atomic E-state index is 0.0803. The van der Waals surface area contributed by atoms with E-state index in [2.05, 4.69) is 18.0 Å². The minimum atomic E-state index is -0.152. The molecule has 0 aliphatic heterocycles. The molecule has 4 nitrogen and oxygen atoms in total. The third kappa shape index (κ3) is 2.53. The normalized spacial score (nSPS) is 15.5. The molecule has 2 aromatic heterocycles. The second-order valence-corrected chi connectivity index (χ2v) is 6.50. The highest BCUT2D eigenvalue weighted by Gasteiger charge is 2.20. The molecule has 1 aliphatic carbocycles. The van der Waals surface area contributed by atoms with Gasteiger partial charge in [0.1, 0.15) is 9.71 Å². The number of aryl methyl sites for hydroxylation is 2. The van der Waals surface area contributed by atoms with E-state index in [0.29, 0.717) is 10.6 Å². The van der Waals surface area contributed by atoms with Crippen LogP contribution in [0.3, 0.4) is 0 Å². The van der Waals surface area contributed by atoms with Crippen LogP contribution in [0.1, 0.15) is 40.7 Å². The second-order valence-electron chi connectivity index (χ2n) is 5.50. The van der Waals surface area contributed by atoms with E-state index in [1.54, 1.807) is 6.08 Å². The van der Waals surface area contributed by atoms with Crippen molar-refractivity contribution in [1.82, 2.24) is 10.3 Å². The Morgan fingerprint density at radius 1 is 1.52 bits per heavy atom. The zero-order valence-electron chi connectivity index (χ0n) is 12.1. The number of carbonyl (C=O) groups is 1. The van der Waals surface area contributed by atoms with Gasteiger partial charge in [-0.2, -0.15) is 0 Å². The van der Waals surface area contributed by atoms with Gasteiger partial charge in [-0.3, -0.25) is 4.79 Å². The number of thiophene rings is 1. The molecule has 3 N–H and O–H groups in total. The number of pyridine rings is 1. The van der Waals surface area contributed by atoms with Gasteiger partial charge in [-0.15, -0.1) is 17.9 Å². The van der Waals surface area contributed by atoms with Crippen LogP contribution in [0.4, 0.5) is 5.69 Å². The summed E-state index contributed by atoms with van der Waals surface area (Å²) in [6.07, 6.45) is 6.17. The third-order valence-electron chi connectivity index (χ3n) is 3.92. The smallest absolute Gasteiger partial charge is 0.264 e. The number of nitrogens with zero attached hydrogens (tertiary/aromatic N) is 1. The minimum Gasteiger partial charge on any atom is -0.397 e. The first kappa shape index (κ1) is 14.1. The Labute approximate surface area is 128 Å². The number of hydrogen-bond donors (Lipinski definition) is 2. The number of hydrogen-bond acceptors (Lipinski definition) is 4. The molecule has 0 fully saturated rings. The van der Waals surface area contributed by atoms with Crippen LogP contribution in [0.25, 0.3) is 10.2 Å². The Hall–Kier alpha value is -1.88. The Kier molecular flexibility index (Phi) is 3.68. The van der Waals surface area contributed by atoms with E-state index < -0.39 is 0 Å². The van der Waals surface area contributed by atoms with Gasteiger partial charge in [0.15, 0.2) is 0 Å². The van der Waals surface area contributed by atoms with E-state index >= 15 is 0 Å². The van der Waals surface area contributed by atoms with E-state index in [0.717, 1.165) is 23.1 Å². The van der Waals surface area contributed by atoms with Crippen molar-refractivity contribution in [3.63, 3.8) is 0 Å². The van der Waals surface area contributed by atoms with Crippen molar-refractivity contribution in [2.24, 2.45) is 0 Å². The monoisotopic (exact) mass is 301 g/mol. The van der Waals surface area contributed by atoms with Crippen molar-refractivity contribution in [3.05, 3.63) is 34.9 Å². The summed E-state index contributed by atoms with van der Waals surface area (Å²) in [6.45, 7) is 5.55. The molecule has 110 valence electrons. The van der Waals surface area contributed by atoms with Crippen LogP contribution in [0, 0.1) is 0 Å². The molecule has 3 rings (SSSR count). The molecule has 0 bridgehead atoms. The van der Waals surface area contributed by atoms with Crippen LogP contribution >= 0.6 is 11.3 Å². The lowest BCUT2D eigenvalue weighted by Crippen LogP contribution is -2.30. The highest BCUT2D eigenvalue weighted by atomic mass is 32.1. The molecule has 0 saturated carbocycles. The average molecular weight is 301 g/mol. The van der Waals surface area contributed by atoms with E-state index in [4.69, 9.17) is 10.7 Å². The van der Waals surface area contributed by atoms with Crippen molar-refractivity contribution in [2.75, 3.05) is 5.73 Å². The largest absolute Gasteiger partial charge is 0.397 e. The molecule has 21 heavy (non-hydrogen) atoms. The molecule has 0 aromatic carbocycles. The Morgan fingerprint density at radius 3 is 3.05 bits per heavy atom. The molecule has 2 heterocycles. The first-order chi connectivity index (χ1) is 10.1. The first-order valence-electron chi connectivity index (χ1n) is 7.24. The van der Waals surface area contributed by atoms with Crippen LogP contribution in [-0.2, 0) is 12.8 Å². The maximum Gasteiger partial charge on any atom is 0.264 e. The number of fused-ring (bicyclic) bond motifs is 2. The fourth-order valence-corrected chi connectivity index (χ4v) is 3.66. The van der Waals surface area contributed by atoms with Gasteiger partial charge in [0.25, 0.3) is 5.91 Å². The maximum atomic E-state index is 12.3. The number of amides is 1. The van der Waals surface area contributed by atoms with E-state index in [1.807, 2.05) is 6.92 Å². The molecular formula is C16H19N3OS. The maximum absolute atomic E-state index is 12.3. The molecule has 1 amide bonds. The summed E-state index contributed by atoms with van der Waals surface area (Å²) in [7, 11) is 0. The highest BCUT2D eigenvalue weighted by Crippen LogP contribution is 2.35. The fraction of sp³-hybridized carbons (Fsp3) is 0.375. The van der Waals surface area contributed by atoms with Crippen molar-refractivity contribution >= 4 is 33.1 Å². The summed E-state index contributed by atoms with van der Waals surface area (Å²) in [5.74, 6) is -0.152. The van der Waals surface area contributed by atoms with Crippen LogP contribution in [-0.4, -0.2) is 16.9 Å². The lowest BCUT2D eigenvalue weighted by Gasteiger charge is -2.14. The summed E-state index contributed by atoms with van der Waals surface area (Å²) in [6, 6.07) is 2.04. The van der Waals surface area contributed by atoms with Gasteiger partial charge < -0.3 is 11.1 Å². The van der Waals surface area contributed by atoms with E-state index in [9.17, 15) is 4.79 Å². The molecule has 1 atom stereocenters. The number of nitrogens with one attached hydrogen (secondary N) is 1. The molecule has 2 aromatic rings. The summed E-state index contributed by atoms with van der Waals surface area (Å²) in [5.41, 5.74) is 9.17. The summed E-state index contributed by atoms with van der Waals surface area (Å²) < 4.78 is 0. The topological polar surface area (TPSA) is 68.0 Å². The SMILES string of the molecule is C=CC(C)NC(=O)c1sc2nc3c(cc2c1N)CCCC3. The predicted molar refractivity (Wildman–Crippen MR) is 87.8 cm³/mol. The van der Waals surface area contributed by atoms with Gasteiger partial charge in [-0.1, -0.05) is 6.08 Å². The van der Waals surface area contributed by atoms with Crippen molar-refractivity contribution in [1.29, 1.82) is 0 Å². The molecular weight excluding hydrogens is 282 g/mol. The fourth-order valence-electron chi connectivity index (χ4n) is 2.66. The first-order valence-corrected chi connectivity index (χ1v) is 8.06. The molecule has 1 aliphatic rings. The number of rotatable bonds is 3. The Balaban J connectivity index is 2.03. The number of anilines is 1. The van der Waals surface area contributed by atoms with Gasteiger partial charge >= 0.3 is 0 Å². The quantitative estimate of drug-likeness (QED) is 0.856. The van der Waals surface area contributed by atoms with Crippen LogP contribution in [0.2, 0.25) is 0 Å². The lowest BCUT2D eigenvalue weighted by atomic mass is 9.95. The zero-order valence-corrected chi connectivity index (χ0v) is 12.9. The Bertz CT molecular complexity index is 720. The van der Waals surface area contributed by atoms with Gasteiger partial charge in [0.2, 0.25) is 0 Å². The van der Waals surface area contributed by atoms with Crippen LogP contribution in [0.15, 0.2) is 18.7 Å². The van der Waals surface area contributed by atoms with Crippen molar-refractivity contribution in [3.8, 4) is 0 Å². The molecule has 0 saturated heterocycles.